The maximum Gasteiger partial charge on any atom is 0.109 e. The molecule has 1 saturated carbocycles. The monoisotopic (exact) mass is 289 g/mol. The van der Waals surface area contributed by atoms with Gasteiger partial charge in [-0.1, -0.05) is 27.2 Å². The molecule has 1 aromatic rings. The van der Waals surface area contributed by atoms with Crippen molar-refractivity contribution >= 4 is 0 Å². The quantitative estimate of drug-likeness (QED) is 0.912. The minimum atomic E-state index is 0.688. The van der Waals surface area contributed by atoms with Crippen LogP contribution in [-0.4, -0.2) is 16.1 Å². The third-order valence-corrected chi connectivity index (χ3v) is 5.35. The third-order valence-electron chi connectivity index (χ3n) is 5.35. The van der Waals surface area contributed by atoms with Crippen molar-refractivity contribution in [1.82, 2.24) is 14.9 Å². The van der Waals surface area contributed by atoms with Gasteiger partial charge < -0.3 is 9.88 Å². The van der Waals surface area contributed by atoms with E-state index < -0.39 is 0 Å². The van der Waals surface area contributed by atoms with Crippen molar-refractivity contribution in [3.05, 3.63) is 17.2 Å². The molecule has 21 heavy (non-hydrogen) atoms. The lowest BCUT2D eigenvalue weighted by atomic mass is 9.84. The van der Waals surface area contributed by atoms with E-state index in [1.54, 1.807) is 5.69 Å². The van der Waals surface area contributed by atoms with Gasteiger partial charge in [0.05, 0.1) is 5.69 Å². The lowest BCUT2D eigenvalue weighted by molar-refractivity contribution is 0.260. The molecule has 2 heterocycles. The van der Waals surface area contributed by atoms with Crippen molar-refractivity contribution in [2.75, 3.05) is 6.54 Å². The second kappa shape index (κ2) is 6.51. The largest absolute Gasteiger partial charge is 0.329 e. The fourth-order valence-electron chi connectivity index (χ4n) is 4.14. The average Bonchev–Trinajstić information content (AvgIpc) is 2.84. The van der Waals surface area contributed by atoms with Gasteiger partial charge in [-0.25, -0.2) is 4.98 Å². The summed E-state index contributed by atoms with van der Waals surface area (Å²) in [5.74, 6) is 3.02. The molecule has 0 bridgehead atoms. The highest BCUT2D eigenvalue weighted by Gasteiger charge is 2.28. The summed E-state index contributed by atoms with van der Waals surface area (Å²) in [6, 6.07) is 0.718. The van der Waals surface area contributed by atoms with Gasteiger partial charge in [0.15, 0.2) is 0 Å². The fraction of sp³-hybridized carbons (Fsp3) is 0.833. The zero-order valence-electron chi connectivity index (χ0n) is 14.0. The first kappa shape index (κ1) is 15.1. The molecule has 0 saturated heterocycles. The maximum atomic E-state index is 5.01. The van der Waals surface area contributed by atoms with Crippen LogP contribution in [0.25, 0.3) is 0 Å². The summed E-state index contributed by atoms with van der Waals surface area (Å²) in [4.78, 5) is 5.01. The van der Waals surface area contributed by atoms with E-state index in [0.717, 1.165) is 37.9 Å². The number of imidazole rings is 1. The van der Waals surface area contributed by atoms with Crippen LogP contribution in [0.2, 0.25) is 0 Å². The van der Waals surface area contributed by atoms with Crippen molar-refractivity contribution in [2.24, 2.45) is 11.8 Å². The van der Waals surface area contributed by atoms with Crippen molar-refractivity contribution in [3.63, 3.8) is 0 Å². The molecule has 0 unspecified atom stereocenters. The third kappa shape index (κ3) is 3.18. The Morgan fingerprint density at radius 1 is 1.24 bits per heavy atom. The van der Waals surface area contributed by atoms with Crippen molar-refractivity contribution in [1.29, 1.82) is 0 Å². The lowest BCUT2D eigenvalue weighted by Crippen LogP contribution is -2.27. The Hall–Kier alpha value is -0.830. The Kier molecular flexibility index (Phi) is 4.68. The number of rotatable bonds is 4. The van der Waals surface area contributed by atoms with Crippen LogP contribution in [0.15, 0.2) is 0 Å². The summed E-state index contributed by atoms with van der Waals surface area (Å²) in [7, 11) is 0. The Morgan fingerprint density at radius 2 is 2.00 bits per heavy atom. The van der Waals surface area contributed by atoms with Crippen molar-refractivity contribution < 1.29 is 0 Å². The highest BCUT2D eigenvalue weighted by atomic mass is 15.1. The first-order valence-electron chi connectivity index (χ1n) is 8.98. The van der Waals surface area contributed by atoms with Crippen LogP contribution in [0.3, 0.4) is 0 Å². The lowest BCUT2D eigenvalue weighted by Gasteiger charge is -2.32. The Morgan fingerprint density at radius 3 is 2.67 bits per heavy atom. The van der Waals surface area contributed by atoms with Gasteiger partial charge in [0.1, 0.15) is 5.82 Å². The zero-order chi connectivity index (χ0) is 14.8. The van der Waals surface area contributed by atoms with E-state index in [1.807, 2.05) is 0 Å². The van der Waals surface area contributed by atoms with E-state index in [4.69, 9.17) is 4.98 Å². The first-order valence-corrected chi connectivity index (χ1v) is 8.98. The summed E-state index contributed by atoms with van der Waals surface area (Å²) in [5.41, 5.74) is 2.87. The van der Waals surface area contributed by atoms with E-state index in [2.05, 4.69) is 30.7 Å². The first-order chi connectivity index (χ1) is 10.2. The molecule has 1 aromatic heterocycles. The summed E-state index contributed by atoms with van der Waals surface area (Å²) < 4.78 is 2.67. The highest BCUT2D eigenvalue weighted by molar-refractivity contribution is 5.22. The number of fused-ring (bicyclic) bond motifs is 1. The molecule has 0 radical (unpaired) electrons. The summed E-state index contributed by atoms with van der Waals surface area (Å²) in [6.07, 6.45) is 9.19. The molecule has 118 valence electrons. The zero-order valence-corrected chi connectivity index (χ0v) is 14.0. The number of hydrogen-bond acceptors (Lipinski definition) is 2. The SMILES string of the molecule is CCC1CCC(n2c(CC(C)C)nc3c2CCNC3)CC1. The van der Waals surface area contributed by atoms with E-state index >= 15 is 0 Å². The molecule has 0 aromatic carbocycles. The van der Waals surface area contributed by atoms with Gasteiger partial charge in [-0.3, -0.25) is 0 Å². The van der Waals surface area contributed by atoms with Crippen LogP contribution in [0, 0.1) is 11.8 Å². The second-order valence-electron chi connectivity index (χ2n) is 7.40. The standard InChI is InChI=1S/C18H31N3/c1-4-14-5-7-15(8-6-14)21-17-9-10-19-12-16(17)20-18(21)11-13(2)3/h13-15,19H,4-12H2,1-3H3. The number of nitrogens with one attached hydrogen (secondary N) is 1. The average molecular weight is 289 g/mol. The molecule has 2 aliphatic rings. The van der Waals surface area contributed by atoms with Crippen LogP contribution < -0.4 is 5.32 Å². The second-order valence-corrected chi connectivity index (χ2v) is 7.40. The summed E-state index contributed by atoms with van der Waals surface area (Å²) in [5, 5.41) is 3.48. The fourth-order valence-corrected chi connectivity index (χ4v) is 4.14. The van der Waals surface area contributed by atoms with Crippen molar-refractivity contribution in [2.45, 2.75) is 78.3 Å². The predicted molar refractivity (Wildman–Crippen MR) is 87.5 cm³/mol. The molecule has 0 spiro atoms. The molecular formula is C18H31N3. The van der Waals surface area contributed by atoms with Gasteiger partial charge in [-0.15, -0.1) is 0 Å². The number of aromatic nitrogens is 2. The smallest absolute Gasteiger partial charge is 0.109 e. The number of nitrogens with zero attached hydrogens (tertiary/aromatic N) is 2. The molecular weight excluding hydrogens is 258 g/mol. The molecule has 3 nitrogen and oxygen atoms in total. The van der Waals surface area contributed by atoms with E-state index in [9.17, 15) is 0 Å². The minimum Gasteiger partial charge on any atom is -0.329 e. The van der Waals surface area contributed by atoms with E-state index in [0.29, 0.717) is 5.92 Å². The van der Waals surface area contributed by atoms with E-state index in [1.165, 1.54) is 43.6 Å². The maximum absolute atomic E-state index is 5.01. The highest BCUT2D eigenvalue weighted by Crippen LogP contribution is 2.36. The van der Waals surface area contributed by atoms with Crippen LogP contribution >= 0.6 is 0 Å². The van der Waals surface area contributed by atoms with Crippen LogP contribution in [-0.2, 0) is 19.4 Å². The van der Waals surface area contributed by atoms with Crippen LogP contribution in [0.1, 0.15) is 76.1 Å². The molecule has 1 aliphatic carbocycles. The molecule has 1 N–H and O–H groups in total. The Labute approximate surface area is 129 Å². The molecule has 1 aliphatic heterocycles. The topological polar surface area (TPSA) is 29.9 Å². The van der Waals surface area contributed by atoms with Crippen molar-refractivity contribution in [3.8, 4) is 0 Å². The Balaban J connectivity index is 1.86. The minimum absolute atomic E-state index is 0.688. The van der Waals surface area contributed by atoms with E-state index in [-0.39, 0.29) is 0 Å². The molecule has 3 rings (SSSR count). The van der Waals surface area contributed by atoms with Gasteiger partial charge in [0.2, 0.25) is 0 Å². The summed E-state index contributed by atoms with van der Waals surface area (Å²) in [6.45, 7) is 9.05. The van der Waals surface area contributed by atoms with Crippen LogP contribution in [0.4, 0.5) is 0 Å². The molecule has 0 amide bonds. The summed E-state index contributed by atoms with van der Waals surface area (Å²) >= 11 is 0. The van der Waals surface area contributed by atoms with Crippen LogP contribution in [0.5, 0.6) is 0 Å². The van der Waals surface area contributed by atoms with Gasteiger partial charge >= 0.3 is 0 Å². The van der Waals surface area contributed by atoms with Gasteiger partial charge in [-0.05, 0) is 37.5 Å². The van der Waals surface area contributed by atoms with Gasteiger partial charge in [0, 0.05) is 37.7 Å². The van der Waals surface area contributed by atoms with Gasteiger partial charge in [0.25, 0.3) is 0 Å². The predicted octanol–water partition coefficient (Wildman–Crippen LogP) is 3.87. The Bertz CT molecular complexity index is 467. The van der Waals surface area contributed by atoms with Gasteiger partial charge in [-0.2, -0.15) is 0 Å². The molecule has 3 heteroatoms. The normalized spacial score (nSPS) is 26.1. The molecule has 0 atom stereocenters. The molecule has 1 fully saturated rings. The number of hydrogen-bond donors (Lipinski definition) is 1.